The molecule has 1 aromatic rings. The maximum Gasteiger partial charge on any atom is 0.410 e. The lowest BCUT2D eigenvalue weighted by Crippen LogP contribution is -2.38. The van der Waals surface area contributed by atoms with E-state index in [2.05, 4.69) is 33.2 Å². The Bertz CT molecular complexity index is 489. The first-order valence-electron chi connectivity index (χ1n) is 7.43. The molecule has 1 atom stereocenters. The molecule has 1 aromatic heterocycles. The summed E-state index contributed by atoms with van der Waals surface area (Å²) in [5, 5.41) is 3.36. The van der Waals surface area contributed by atoms with Crippen molar-refractivity contribution < 1.29 is 9.53 Å². The summed E-state index contributed by atoms with van der Waals surface area (Å²) in [5.74, 6) is 0.324. The summed E-state index contributed by atoms with van der Waals surface area (Å²) in [7, 11) is 1.76. The van der Waals surface area contributed by atoms with E-state index in [1.165, 1.54) is 0 Å². The quantitative estimate of drug-likeness (QED) is 0.778. The Morgan fingerprint density at radius 2 is 2.14 bits per heavy atom. The normalized spacial score (nSPS) is 12.8. The predicted molar refractivity (Wildman–Crippen MR) is 91.7 cm³/mol. The summed E-state index contributed by atoms with van der Waals surface area (Å²) in [6, 6.07) is 5.85. The van der Waals surface area contributed by atoms with Crippen molar-refractivity contribution in [2.24, 2.45) is 5.92 Å². The zero-order chi connectivity index (χ0) is 16.8. The number of pyridine rings is 1. The van der Waals surface area contributed by atoms with E-state index >= 15 is 0 Å². The number of ether oxygens (including phenoxy) is 1. The third-order valence-corrected chi connectivity index (χ3v) is 3.30. The van der Waals surface area contributed by atoms with Gasteiger partial charge in [-0.25, -0.2) is 9.78 Å². The number of carbonyl (C=O) groups excluding carboxylic acids is 1. The van der Waals surface area contributed by atoms with Gasteiger partial charge >= 0.3 is 6.09 Å². The van der Waals surface area contributed by atoms with Gasteiger partial charge in [-0.1, -0.05) is 13.0 Å². The van der Waals surface area contributed by atoms with Crippen molar-refractivity contribution in [3.8, 4) is 0 Å². The fourth-order valence-electron chi connectivity index (χ4n) is 1.94. The van der Waals surface area contributed by atoms with E-state index in [0.717, 1.165) is 16.8 Å². The van der Waals surface area contributed by atoms with E-state index in [4.69, 9.17) is 4.74 Å². The summed E-state index contributed by atoms with van der Waals surface area (Å²) >= 11 is 3.36. The molecular weight excluding hydrogens is 346 g/mol. The van der Waals surface area contributed by atoms with Crippen LogP contribution in [0.15, 0.2) is 22.8 Å². The molecule has 0 saturated heterocycles. The summed E-state index contributed by atoms with van der Waals surface area (Å²) in [6.45, 7) is 9.87. The van der Waals surface area contributed by atoms with Crippen LogP contribution in [-0.4, -0.2) is 41.7 Å². The lowest BCUT2D eigenvalue weighted by atomic mass is 10.1. The van der Waals surface area contributed by atoms with Crippen LogP contribution in [0.2, 0.25) is 0 Å². The van der Waals surface area contributed by atoms with Gasteiger partial charge in [-0.05, 0) is 61.3 Å². The number of amides is 1. The van der Waals surface area contributed by atoms with Gasteiger partial charge in [0.1, 0.15) is 10.2 Å². The Morgan fingerprint density at radius 3 is 2.73 bits per heavy atom. The molecule has 0 saturated carbocycles. The SMILES string of the molecule is CC(CNCc1cccc(Br)n1)CN(C)C(=O)OC(C)(C)C. The maximum absolute atomic E-state index is 11.9. The molecule has 0 aliphatic heterocycles. The first-order chi connectivity index (χ1) is 10.2. The highest BCUT2D eigenvalue weighted by atomic mass is 79.9. The van der Waals surface area contributed by atoms with Crippen LogP contribution < -0.4 is 5.32 Å². The van der Waals surface area contributed by atoms with E-state index < -0.39 is 5.60 Å². The van der Waals surface area contributed by atoms with E-state index in [1.54, 1.807) is 11.9 Å². The molecule has 1 N–H and O–H groups in total. The molecule has 0 aliphatic rings. The van der Waals surface area contributed by atoms with Gasteiger partial charge in [-0.15, -0.1) is 0 Å². The van der Waals surface area contributed by atoms with Crippen LogP contribution in [0.5, 0.6) is 0 Å². The number of rotatable bonds is 6. The van der Waals surface area contributed by atoms with E-state index in [-0.39, 0.29) is 6.09 Å². The van der Waals surface area contributed by atoms with Gasteiger partial charge in [0.15, 0.2) is 0 Å². The average molecular weight is 372 g/mol. The summed E-state index contributed by atoms with van der Waals surface area (Å²) in [4.78, 5) is 17.9. The Labute approximate surface area is 141 Å². The second-order valence-corrected chi connectivity index (χ2v) is 7.36. The number of aromatic nitrogens is 1. The number of nitrogens with one attached hydrogen (secondary N) is 1. The molecule has 1 heterocycles. The van der Waals surface area contributed by atoms with E-state index in [0.29, 0.717) is 19.0 Å². The number of halogens is 1. The van der Waals surface area contributed by atoms with Crippen LogP contribution in [0.1, 0.15) is 33.4 Å². The van der Waals surface area contributed by atoms with Crippen molar-refractivity contribution in [3.63, 3.8) is 0 Å². The van der Waals surface area contributed by atoms with Crippen LogP contribution in [-0.2, 0) is 11.3 Å². The molecule has 22 heavy (non-hydrogen) atoms. The van der Waals surface area contributed by atoms with Gasteiger partial charge in [0.2, 0.25) is 0 Å². The molecule has 124 valence electrons. The average Bonchev–Trinajstić information content (AvgIpc) is 2.36. The highest BCUT2D eigenvalue weighted by molar-refractivity contribution is 9.10. The largest absolute Gasteiger partial charge is 0.444 e. The molecule has 0 aromatic carbocycles. The van der Waals surface area contributed by atoms with Crippen molar-refractivity contribution in [1.29, 1.82) is 0 Å². The second kappa shape index (κ2) is 8.48. The van der Waals surface area contributed by atoms with Gasteiger partial charge in [0.05, 0.1) is 5.69 Å². The zero-order valence-corrected chi connectivity index (χ0v) is 15.6. The molecule has 0 radical (unpaired) electrons. The van der Waals surface area contributed by atoms with Gasteiger partial charge in [0.25, 0.3) is 0 Å². The molecule has 0 aliphatic carbocycles. The number of hydrogen-bond acceptors (Lipinski definition) is 4. The zero-order valence-electron chi connectivity index (χ0n) is 14.0. The molecule has 1 unspecified atom stereocenters. The third kappa shape index (κ3) is 7.75. The standard InChI is InChI=1S/C16H26BrN3O2/c1-12(11-20(5)15(21)22-16(2,3)4)9-18-10-13-7-6-8-14(17)19-13/h6-8,12,18H,9-11H2,1-5H3. The van der Waals surface area contributed by atoms with Crippen LogP contribution in [0.25, 0.3) is 0 Å². The van der Waals surface area contributed by atoms with Crippen LogP contribution in [0.3, 0.4) is 0 Å². The van der Waals surface area contributed by atoms with Crippen molar-refractivity contribution in [3.05, 3.63) is 28.5 Å². The topological polar surface area (TPSA) is 54.5 Å². The van der Waals surface area contributed by atoms with Gasteiger partial charge in [-0.3, -0.25) is 0 Å². The summed E-state index contributed by atoms with van der Waals surface area (Å²) in [5.41, 5.74) is 0.529. The van der Waals surface area contributed by atoms with Crippen molar-refractivity contribution in [2.45, 2.75) is 39.8 Å². The fraction of sp³-hybridized carbons (Fsp3) is 0.625. The Hall–Kier alpha value is -1.14. The fourth-order valence-corrected chi connectivity index (χ4v) is 2.32. The molecule has 1 rings (SSSR count). The Morgan fingerprint density at radius 1 is 1.45 bits per heavy atom. The van der Waals surface area contributed by atoms with Crippen LogP contribution >= 0.6 is 15.9 Å². The lowest BCUT2D eigenvalue weighted by Gasteiger charge is -2.26. The van der Waals surface area contributed by atoms with Crippen molar-refractivity contribution in [1.82, 2.24) is 15.2 Å². The lowest BCUT2D eigenvalue weighted by molar-refractivity contribution is 0.0277. The minimum Gasteiger partial charge on any atom is -0.444 e. The number of nitrogens with zero attached hydrogens (tertiary/aromatic N) is 2. The molecule has 0 bridgehead atoms. The van der Waals surface area contributed by atoms with E-state index in [1.807, 2.05) is 39.0 Å². The van der Waals surface area contributed by atoms with Crippen LogP contribution in [0.4, 0.5) is 4.79 Å². The van der Waals surface area contributed by atoms with Crippen molar-refractivity contribution >= 4 is 22.0 Å². The molecule has 1 amide bonds. The van der Waals surface area contributed by atoms with Gasteiger partial charge in [0, 0.05) is 20.1 Å². The third-order valence-electron chi connectivity index (χ3n) is 2.86. The molecule has 0 spiro atoms. The molecule has 6 heteroatoms. The van der Waals surface area contributed by atoms with E-state index in [9.17, 15) is 4.79 Å². The second-order valence-electron chi connectivity index (χ2n) is 6.55. The van der Waals surface area contributed by atoms with Crippen LogP contribution in [0, 0.1) is 5.92 Å². The maximum atomic E-state index is 11.9. The molecule has 5 nitrogen and oxygen atoms in total. The Kier molecular flexibility index (Phi) is 7.29. The monoisotopic (exact) mass is 371 g/mol. The molecular formula is C16H26BrN3O2. The molecule has 0 fully saturated rings. The number of hydrogen-bond donors (Lipinski definition) is 1. The highest BCUT2D eigenvalue weighted by Gasteiger charge is 2.20. The minimum absolute atomic E-state index is 0.284. The first kappa shape index (κ1) is 18.9. The summed E-state index contributed by atoms with van der Waals surface area (Å²) < 4.78 is 6.18. The smallest absolute Gasteiger partial charge is 0.410 e. The minimum atomic E-state index is -0.459. The van der Waals surface area contributed by atoms with Gasteiger partial charge < -0.3 is 15.0 Å². The first-order valence-corrected chi connectivity index (χ1v) is 8.23. The summed E-state index contributed by atoms with van der Waals surface area (Å²) in [6.07, 6.45) is -0.284. The van der Waals surface area contributed by atoms with Crippen molar-refractivity contribution in [2.75, 3.05) is 20.1 Å². The van der Waals surface area contributed by atoms with Gasteiger partial charge in [-0.2, -0.15) is 0 Å². The number of carbonyl (C=O) groups is 1. The predicted octanol–water partition coefficient (Wildman–Crippen LogP) is 3.44. The Balaban J connectivity index is 2.31. The highest BCUT2D eigenvalue weighted by Crippen LogP contribution is 2.10.